The quantitative estimate of drug-likeness (QED) is 0.384. The van der Waals surface area contributed by atoms with Crippen LogP contribution in [0, 0.1) is 0 Å². The lowest BCUT2D eigenvalue weighted by atomic mass is 10.1. The lowest BCUT2D eigenvalue weighted by molar-refractivity contribution is 0.355. The van der Waals surface area contributed by atoms with Gasteiger partial charge in [0.2, 0.25) is 0 Å². The fraction of sp³-hybridized carbons (Fsp3) is 0.217. The normalized spacial score (nSPS) is 11.0. The van der Waals surface area contributed by atoms with E-state index in [0.717, 1.165) is 28.8 Å². The van der Waals surface area contributed by atoms with Gasteiger partial charge in [0.1, 0.15) is 0 Å². The van der Waals surface area contributed by atoms with Crippen molar-refractivity contribution in [2.45, 2.75) is 24.4 Å². The summed E-state index contributed by atoms with van der Waals surface area (Å²) in [5, 5.41) is 12.4. The third-order valence-corrected chi connectivity index (χ3v) is 5.93. The van der Waals surface area contributed by atoms with Crippen LogP contribution in [0.3, 0.4) is 0 Å². The third-order valence-electron chi connectivity index (χ3n) is 4.91. The largest absolute Gasteiger partial charge is 0.493 e. The van der Waals surface area contributed by atoms with E-state index in [9.17, 15) is 0 Å². The van der Waals surface area contributed by atoms with E-state index in [1.165, 1.54) is 16.3 Å². The maximum Gasteiger partial charge on any atom is 0.191 e. The summed E-state index contributed by atoms with van der Waals surface area (Å²) in [6.45, 7) is 2.89. The summed E-state index contributed by atoms with van der Waals surface area (Å²) in [5.74, 6) is 3.05. The zero-order valence-corrected chi connectivity index (χ0v) is 17.6. The average molecular weight is 406 g/mol. The van der Waals surface area contributed by atoms with Crippen molar-refractivity contribution >= 4 is 22.5 Å². The minimum Gasteiger partial charge on any atom is -0.493 e. The summed E-state index contributed by atoms with van der Waals surface area (Å²) in [7, 11) is 3.27. The molecule has 0 saturated carbocycles. The molecular weight excluding hydrogens is 382 g/mol. The molecule has 3 aromatic carbocycles. The first kappa shape index (κ1) is 19.3. The molecule has 0 aliphatic heterocycles. The maximum atomic E-state index is 5.44. The molecule has 4 aromatic rings. The molecule has 4 rings (SSSR count). The van der Waals surface area contributed by atoms with Crippen LogP contribution in [0.1, 0.15) is 12.5 Å². The fourth-order valence-corrected chi connectivity index (χ4v) is 4.44. The van der Waals surface area contributed by atoms with Crippen LogP contribution in [0.5, 0.6) is 11.5 Å². The summed E-state index contributed by atoms with van der Waals surface area (Å²) >= 11 is 1.71. The molecule has 1 heterocycles. The van der Waals surface area contributed by atoms with Gasteiger partial charge in [0.05, 0.1) is 14.2 Å². The Balaban J connectivity index is 1.62. The Morgan fingerprint density at radius 1 is 0.897 bits per heavy atom. The van der Waals surface area contributed by atoms with Crippen molar-refractivity contribution in [2.75, 3.05) is 14.2 Å². The molecule has 0 aliphatic rings. The molecule has 29 heavy (non-hydrogen) atoms. The zero-order chi connectivity index (χ0) is 20.2. The number of aromatic nitrogens is 3. The number of ether oxygens (including phenoxy) is 2. The number of hydrogen-bond donors (Lipinski definition) is 0. The standard InChI is InChI=1S/C23H23N3O2S/c1-4-26-22(17-12-13-20(27-2)21(14-17)28-3)24-25-23(26)29-15-18-10-7-9-16-8-5-6-11-19(16)18/h5-14H,4,15H2,1-3H3. The molecular formula is C23H23N3O2S. The van der Waals surface area contributed by atoms with E-state index in [0.29, 0.717) is 11.5 Å². The van der Waals surface area contributed by atoms with Crippen molar-refractivity contribution < 1.29 is 9.47 Å². The van der Waals surface area contributed by atoms with Gasteiger partial charge in [0.15, 0.2) is 22.5 Å². The molecule has 0 bridgehead atoms. The molecule has 0 N–H and O–H groups in total. The first-order valence-electron chi connectivity index (χ1n) is 9.50. The first-order valence-corrected chi connectivity index (χ1v) is 10.5. The number of hydrogen-bond acceptors (Lipinski definition) is 5. The van der Waals surface area contributed by atoms with Crippen molar-refractivity contribution in [3.05, 3.63) is 66.2 Å². The fourth-order valence-electron chi connectivity index (χ4n) is 3.43. The molecule has 0 unspecified atom stereocenters. The monoisotopic (exact) mass is 405 g/mol. The highest BCUT2D eigenvalue weighted by Gasteiger charge is 2.16. The van der Waals surface area contributed by atoms with Gasteiger partial charge in [-0.2, -0.15) is 0 Å². The molecule has 0 radical (unpaired) electrons. The number of nitrogens with zero attached hydrogens (tertiary/aromatic N) is 3. The molecule has 6 heteroatoms. The van der Waals surface area contributed by atoms with Crippen molar-refractivity contribution in [1.29, 1.82) is 0 Å². The van der Waals surface area contributed by atoms with E-state index < -0.39 is 0 Å². The predicted octanol–water partition coefficient (Wildman–Crippen LogP) is 5.43. The number of thioether (sulfide) groups is 1. The molecule has 0 spiro atoms. The summed E-state index contributed by atoms with van der Waals surface area (Å²) < 4.78 is 12.9. The van der Waals surface area contributed by atoms with E-state index in [4.69, 9.17) is 9.47 Å². The van der Waals surface area contributed by atoms with Crippen LogP contribution in [-0.4, -0.2) is 29.0 Å². The zero-order valence-electron chi connectivity index (χ0n) is 16.8. The number of rotatable bonds is 7. The van der Waals surface area contributed by atoms with Gasteiger partial charge in [0, 0.05) is 17.9 Å². The Bertz CT molecular complexity index is 1130. The highest BCUT2D eigenvalue weighted by Crippen LogP contribution is 2.33. The van der Waals surface area contributed by atoms with Crippen LogP contribution in [0.15, 0.2) is 65.8 Å². The van der Waals surface area contributed by atoms with Crippen LogP contribution < -0.4 is 9.47 Å². The van der Waals surface area contributed by atoms with Gasteiger partial charge < -0.3 is 14.0 Å². The summed E-state index contributed by atoms with van der Waals surface area (Å²) in [6.07, 6.45) is 0. The summed E-state index contributed by atoms with van der Waals surface area (Å²) in [5.41, 5.74) is 2.25. The van der Waals surface area contributed by atoms with Crippen LogP contribution in [0.4, 0.5) is 0 Å². The van der Waals surface area contributed by atoms with Gasteiger partial charge in [-0.05, 0) is 41.5 Å². The molecule has 5 nitrogen and oxygen atoms in total. The SMILES string of the molecule is CCn1c(SCc2cccc3ccccc23)nnc1-c1ccc(OC)c(OC)c1. The van der Waals surface area contributed by atoms with Crippen molar-refractivity contribution in [1.82, 2.24) is 14.8 Å². The Labute approximate surface area is 174 Å². The summed E-state index contributed by atoms with van der Waals surface area (Å²) in [4.78, 5) is 0. The molecule has 1 aromatic heterocycles. The molecule has 0 fully saturated rings. The second-order valence-corrected chi connectivity index (χ2v) is 7.49. The molecule has 0 amide bonds. The lowest BCUT2D eigenvalue weighted by Crippen LogP contribution is -2.00. The Hall–Kier alpha value is -2.99. The van der Waals surface area contributed by atoms with Gasteiger partial charge in [-0.15, -0.1) is 10.2 Å². The van der Waals surface area contributed by atoms with E-state index in [2.05, 4.69) is 64.2 Å². The van der Waals surface area contributed by atoms with Gasteiger partial charge in [-0.1, -0.05) is 54.2 Å². The van der Waals surface area contributed by atoms with Gasteiger partial charge in [-0.25, -0.2) is 0 Å². The highest BCUT2D eigenvalue weighted by molar-refractivity contribution is 7.98. The topological polar surface area (TPSA) is 49.2 Å². The molecule has 0 aliphatic carbocycles. The van der Waals surface area contributed by atoms with Crippen LogP contribution in [0.25, 0.3) is 22.2 Å². The third kappa shape index (κ3) is 3.80. The Morgan fingerprint density at radius 2 is 1.69 bits per heavy atom. The Morgan fingerprint density at radius 3 is 2.48 bits per heavy atom. The smallest absolute Gasteiger partial charge is 0.191 e. The molecule has 0 atom stereocenters. The second kappa shape index (κ2) is 8.57. The minimum absolute atomic E-state index is 0.681. The van der Waals surface area contributed by atoms with Crippen LogP contribution in [-0.2, 0) is 12.3 Å². The number of fused-ring (bicyclic) bond motifs is 1. The minimum atomic E-state index is 0.681. The Kier molecular flexibility index (Phi) is 5.71. The van der Waals surface area contributed by atoms with E-state index in [1.54, 1.807) is 26.0 Å². The predicted molar refractivity (Wildman–Crippen MR) is 118 cm³/mol. The van der Waals surface area contributed by atoms with Crippen LogP contribution >= 0.6 is 11.8 Å². The molecule has 0 saturated heterocycles. The number of benzene rings is 3. The first-order chi connectivity index (χ1) is 14.2. The van der Waals surface area contributed by atoms with Crippen LogP contribution in [0.2, 0.25) is 0 Å². The molecule has 148 valence electrons. The van der Waals surface area contributed by atoms with E-state index in [-0.39, 0.29) is 0 Å². The van der Waals surface area contributed by atoms with Gasteiger partial charge in [-0.3, -0.25) is 0 Å². The average Bonchev–Trinajstić information content (AvgIpc) is 3.20. The highest BCUT2D eigenvalue weighted by atomic mass is 32.2. The number of methoxy groups -OCH3 is 2. The summed E-state index contributed by atoms with van der Waals surface area (Å²) in [6, 6.07) is 20.7. The van der Waals surface area contributed by atoms with Gasteiger partial charge in [0.25, 0.3) is 0 Å². The van der Waals surface area contributed by atoms with Crippen molar-refractivity contribution in [3.8, 4) is 22.9 Å². The van der Waals surface area contributed by atoms with Crippen molar-refractivity contribution in [3.63, 3.8) is 0 Å². The lowest BCUT2D eigenvalue weighted by Gasteiger charge is -2.11. The van der Waals surface area contributed by atoms with E-state index >= 15 is 0 Å². The maximum absolute atomic E-state index is 5.44. The van der Waals surface area contributed by atoms with Gasteiger partial charge >= 0.3 is 0 Å². The van der Waals surface area contributed by atoms with E-state index in [1.807, 2.05) is 18.2 Å². The second-order valence-electron chi connectivity index (χ2n) is 6.55. The van der Waals surface area contributed by atoms with Crippen molar-refractivity contribution in [2.24, 2.45) is 0 Å².